The summed E-state index contributed by atoms with van der Waals surface area (Å²) >= 11 is 0. The number of nitrogens with two attached hydrogens (primary N) is 1. The van der Waals surface area contributed by atoms with Gasteiger partial charge in [0.05, 0.1) is 9.79 Å². The van der Waals surface area contributed by atoms with Crippen LogP contribution in [-0.4, -0.2) is 36.0 Å². The lowest BCUT2D eigenvalue weighted by Crippen LogP contribution is -2.51. The zero-order chi connectivity index (χ0) is 18.0. The molecule has 4 N–H and O–H groups in total. The van der Waals surface area contributed by atoms with Crippen molar-refractivity contribution >= 4 is 20.0 Å². The Bertz CT molecular complexity index is 798. The van der Waals surface area contributed by atoms with Crippen molar-refractivity contribution in [2.75, 3.05) is 13.6 Å². The summed E-state index contributed by atoms with van der Waals surface area (Å²) in [6.07, 6.45) is 4.75. The van der Waals surface area contributed by atoms with Gasteiger partial charge in [-0.25, -0.2) is 26.3 Å². The Morgan fingerprint density at radius 2 is 1.71 bits per heavy atom. The van der Waals surface area contributed by atoms with Crippen molar-refractivity contribution in [1.82, 2.24) is 9.44 Å². The molecule has 1 fully saturated rings. The van der Waals surface area contributed by atoms with Crippen molar-refractivity contribution in [3.8, 4) is 0 Å². The molecule has 0 aromatic heterocycles. The zero-order valence-corrected chi connectivity index (χ0v) is 15.6. The number of benzene rings is 1. The van der Waals surface area contributed by atoms with E-state index in [1.807, 2.05) is 0 Å². The van der Waals surface area contributed by atoms with Gasteiger partial charge in [0, 0.05) is 12.1 Å². The number of sulfonamides is 2. The Labute approximate surface area is 144 Å². The van der Waals surface area contributed by atoms with Gasteiger partial charge in [0.25, 0.3) is 0 Å². The fraction of sp³-hybridized carbons (Fsp3) is 0.600. The molecule has 0 aliphatic heterocycles. The largest absolute Gasteiger partial charge is 0.324 e. The molecule has 24 heavy (non-hydrogen) atoms. The first kappa shape index (κ1) is 19.3. The van der Waals surface area contributed by atoms with Crippen LogP contribution in [0, 0.1) is 6.92 Å². The molecule has 0 amide bonds. The normalized spacial score (nSPS) is 18.5. The van der Waals surface area contributed by atoms with Crippen molar-refractivity contribution in [3.63, 3.8) is 0 Å². The minimum Gasteiger partial charge on any atom is -0.324 e. The molecule has 0 saturated heterocycles. The van der Waals surface area contributed by atoms with Crippen LogP contribution >= 0.6 is 0 Å². The molecule has 9 heteroatoms. The molecule has 0 spiro atoms. The number of hydrogen-bond acceptors (Lipinski definition) is 5. The Morgan fingerprint density at radius 3 is 2.25 bits per heavy atom. The van der Waals surface area contributed by atoms with Crippen LogP contribution in [0.1, 0.15) is 37.7 Å². The average molecular weight is 376 g/mol. The molecule has 0 bridgehead atoms. The number of aryl methyl sites for hydroxylation is 1. The molecule has 1 saturated carbocycles. The van der Waals surface area contributed by atoms with Crippen molar-refractivity contribution in [2.45, 2.75) is 54.4 Å². The second kappa shape index (κ2) is 7.09. The van der Waals surface area contributed by atoms with Gasteiger partial charge < -0.3 is 5.73 Å². The smallest absolute Gasteiger partial charge is 0.240 e. The van der Waals surface area contributed by atoms with E-state index in [4.69, 9.17) is 5.73 Å². The van der Waals surface area contributed by atoms with Gasteiger partial charge in [-0.1, -0.05) is 19.3 Å². The fourth-order valence-electron chi connectivity index (χ4n) is 2.96. The molecular formula is C15H25N3O4S2. The second-order valence-electron chi connectivity index (χ2n) is 6.38. The van der Waals surface area contributed by atoms with Crippen molar-refractivity contribution in [2.24, 2.45) is 5.73 Å². The predicted octanol–water partition coefficient (Wildman–Crippen LogP) is 0.843. The lowest BCUT2D eigenvalue weighted by Gasteiger charge is -2.33. The van der Waals surface area contributed by atoms with Crippen LogP contribution in [0.25, 0.3) is 0 Å². The third-order valence-electron chi connectivity index (χ3n) is 4.48. The zero-order valence-electron chi connectivity index (χ0n) is 14.0. The number of hydrogen-bond donors (Lipinski definition) is 3. The third kappa shape index (κ3) is 4.34. The van der Waals surface area contributed by atoms with Gasteiger partial charge in [-0.2, -0.15) is 0 Å². The molecule has 1 aliphatic carbocycles. The molecule has 1 aromatic rings. The highest BCUT2D eigenvalue weighted by Crippen LogP contribution is 2.26. The molecule has 0 atom stereocenters. The first-order valence-electron chi connectivity index (χ1n) is 7.92. The van der Waals surface area contributed by atoms with Crippen LogP contribution in [0.15, 0.2) is 28.0 Å². The Balaban J connectivity index is 2.19. The monoisotopic (exact) mass is 375 g/mol. The summed E-state index contributed by atoms with van der Waals surface area (Å²) in [7, 11) is -6.04. The van der Waals surface area contributed by atoms with Gasteiger partial charge in [0.2, 0.25) is 20.0 Å². The molecule has 2 rings (SSSR count). The topological polar surface area (TPSA) is 118 Å². The quantitative estimate of drug-likeness (QED) is 0.681. The maximum atomic E-state index is 12.5. The summed E-state index contributed by atoms with van der Waals surface area (Å²) in [4.78, 5) is 0.0981. The van der Waals surface area contributed by atoms with E-state index in [1.165, 1.54) is 25.2 Å². The number of nitrogens with one attached hydrogen (secondary N) is 2. The molecule has 1 aliphatic rings. The van der Waals surface area contributed by atoms with E-state index in [0.29, 0.717) is 5.56 Å². The lowest BCUT2D eigenvalue weighted by molar-refractivity contribution is 0.296. The molecule has 136 valence electrons. The molecular weight excluding hydrogens is 350 g/mol. The molecule has 0 radical (unpaired) electrons. The SMILES string of the molecule is CNS(=O)(=O)c1ccc(S(=O)(=O)NCC2(N)CCCCC2)cc1C. The van der Waals surface area contributed by atoms with E-state index >= 15 is 0 Å². The molecule has 0 heterocycles. The number of rotatable bonds is 6. The highest BCUT2D eigenvalue weighted by molar-refractivity contribution is 7.90. The standard InChI is InChI=1S/C15H25N3O4S2/c1-12-10-13(6-7-14(12)24(21,22)17-2)23(19,20)18-11-15(16)8-4-3-5-9-15/h6-7,10,17-18H,3-5,8-9,11,16H2,1-2H3. The Kier molecular flexibility index (Phi) is 5.71. The van der Waals surface area contributed by atoms with Gasteiger partial charge in [-0.05, 0) is 50.6 Å². The maximum Gasteiger partial charge on any atom is 0.240 e. The summed E-state index contributed by atoms with van der Waals surface area (Å²) in [5.41, 5.74) is 6.12. The van der Waals surface area contributed by atoms with Crippen LogP contribution in [0.3, 0.4) is 0 Å². The van der Waals surface area contributed by atoms with Crippen LogP contribution in [0.2, 0.25) is 0 Å². The van der Waals surface area contributed by atoms with Crippen molar-refractivity contribution < 1.29 is 16.8 Å². The van der Waals surface area contributed by atoms with Crippen molar-refractivity contribution in [3.05, 3.63) is 23.8 Å². The summed E-state index contributed by atoms with van der Waals surface area (Å²) in [6, 6.07) is 3.95. The molecule has 0 unspecified atom stereocenters. The predicted molar refractivity (Wildman–Crippen MR) is 92.6 cm³/mol. The summed E-state index contributed by atoms with van der Waals surface area (Å²) in [6.45, 7) is 1.75. The third-order valence-corrected chi connectivity index (χ3v) is 7.45. The van der Waals surface area contributed by atoms with Crippen LogP contribution in [0.4, 0.5) is 0 Å². The fourth-order valence-corrected chi connectivity index (χ4v) is 5.13. The highest BCUT2D eigenvalue weighted by Gasteiger charge is 2.29. The van der Waals surface area contributed by atoms with Gasteiger partial charge in [-0.15, -0.1) is 0 Å². The minimum atomic E-state index is -3.73. The van der Waals surface area contributed by atoms with Crippen LogP contribution < -0.4 is 15.2 Å². The van der Waals surface area contributed by atoms with Gasteiger partial charge in [0.1, 0.15) is 0 Å². The Morgan fingerprint density at radius 1 is 1.08 bits per heavy atom. The van der Waals surface area contributed by atoms with E-state index < -0.39 is 25.6 Å². The minimum absolute atomic E-state index is 0.0365. The van der Waals surface area contributed by atoms with Crippen LogP contribution in [0.5, 0.6) is 0 Å². The summed E-state index contributed by atoms with van der Waals surface area (Å²) in [5.74, 6) is 0. The summed E-state index contributed by atoms with van der Waals surface area (Å²) in [5, 5.41) is 0. The molecule has 7 nitrogen and oxygen atoms in total. The highest BCUT2D eigenvalue weighted by atomic mass is 32.2. The maximum absolute atomic E-state index is 12.5. The summed E-state index contributed by atoms with van der Waals surface area (Å²) < 4.78 is 53.5. The van der Waals surface area contributed by atoms with Gasteiger partial charge in [0.15, 0.2) is 0 Å². The second-order valence-corrected chi connectivity index (χ2v) is 10.0. The lowest BCUT2D eigenvalue weighted by atomic mass is 9.83. The Hall–Kier alpha value is -1.00. The van der Waals surface area contributed by atoms with E-state index in [9.17, 15) is 16.8 Å². The van der Waals surface area contributed by atoms with E-state index in [1.54, 1.807) is 6.92 Å². The van der Waals surface area contributed by atoms with E-state index in [0.717, 1.165) is 32.1 Å². The average Bonchev–Trinajstić information content (AvgIpc) is 2.53. The molecule has 1 aromatic carbocycles. The first-order valence-corrected chi connectivity index (χ1v) is 10.9. The van der Waals surface area contributed by atoms with Gasteiger partial charge in [-0.3, -0.25) is 0 Å². The van der Waals surface area contributed by atoms with Crippen LogP contribution in [-0.2, 0) is 20.0 Å². The van der Waals surface area contributed by atoms with E-state index in [-0.39, 0.29) is 16.3 Å². The van der Waals surface area contributed by atoms with E-state index in [2.05, 4.69) is 9.44 Å². The first-order chi connectivity index (χ1) is 11.1. The van der Waals surface area contributed by atoms with Crippen molar-refractivity contribution in [1.29, 1.82) is 0 Å². The van der Waals surface area contributed by atoms with Gasteiger partial charge >= 0.3 is 0 Å².